The standard InChI is InChI=1S/C16H16N2O3/c1-2-12-6-5-8-14(10-12)17-16(19)11-13-7-3-4-9-15(13)18(20)21/h3-10H,2,11H2,1H3,(H,17,19). The maximum atomic E-state index is 12.0. The van der Waals surface area contributed by atoms with Crippen molar-refractivity contribution in [3.05, 3.63) is 69.8 Å². The number of anilines is 1. The molecule has 108 valence electrons. The van der Waals surface area contributed by atoms with Gasteiger partial charge in [-0.1, -0.05) is 37.3 Å². The summed E-state index contributed by atoms with van der Waals surface area (Å²) >= 11 is 0. The predicted molar refractivity (Wildman–Crippen MR) is 81.3 cm³/mol. The Morgan fingerprint density at radius 2 is 1.95 bits per heavy atom. The Morgan fingerprint density at radius 1 is 1.19 bits per heavy atom. The molecule has 1 N–H and O–H groups in total. The lowest BCUT2D eigenvalue weighted by atomic mass is 10.1. The van der Waals surface area contributed by atoms with Crippen molar-refractivity contribution in [2.24, 2.45) is 0 Å². The highest BCUT2D eigenvalue weighted by Crippen LogP contribution is 2.19. The lowest BCUT2D eigenvalue weighted by molar-refractivity contribution is -0.385. The fraction of sp³-hybridized carbons (Fsp3) is 0.188. The van der Waals surface area contributed by atoms with Crippen molar-refractivity contribution >= 4 is 17.3 Å². The van der Waals surface area contributed by atoms with Crippen LogP contribution in [0.3, 0.4) is 0 Å². The first-order valence-electron chi connectivity index (χ1n) is 6.71. The fourth-order valence-corrected chi connectivity index (χ4v) is 2.09. The second-order valence-electron chi connectivity index (χ2n) is 4.66. The Balaban J connectivity index is 2.10. The molecule has 0 heterocycles. The van der Waals surface area contributed by atoms with Crippen molar-refractivity contribution < 1.29 is 9.72 Å². The summed E-state index contributed by atoms with van der Waals surface area (Å²) in [6.07, 6.45) is 0.862. The topological polar surface area (TPSA) is 72.2 Å². The maximum absolute atomic E-state index is 12.0. The van der Waals surface area contributed by atoms with Crippen LogP contribution in [0, 0.1) is 10.1 Å². The van der Waals surface area contributed by atoms with Gasteiger partial charge in [-0.15, -0.1) is 0 Å². The molecule has 0 spiro atoms. The highest BCUT2D eigenvalue weighted by atomic mass is 16.6. The molecule has 0 fully saturated rings. The predicted octanol–water partition coefficient (Wildman–Crippen LogP) is 3.34. The Hall–Kier alpha value is -2.69. The van der Waals surface area contributed by atoms with E-state index in [4.69, 9.17) is 0 Å². The summed E-state index contributed by atoms with van der Waals surface area (Å²) in [6, 6.07) is 13.8. The van der Waals surface area contributed by atoms with E-state index in [1.165, 1.54) is 6.07 Å². The molecule has 5 heteroatoms. The van der Waals surface area contributed by atoms with E-state index in [0.29, 0.717) is 11.3 Å². The van der Waals surface area contributed by atoms with Gasteiger partial charge in [-0.3, -0.25) is 14.9 Å². The Labute approximate surface area is 122 Å². The van der Waals surface area contributed by atoms with Crippen LogP contribution in [0.4, 0.5) is 11.4 Å². The van der Waals surface area contributed by atoms with Crippen LogP contribution in [-0.4, -0.2) is 10.8 Å². The van der Waals surface area contributed by atoms with Crippen LogP contribution < -0.4 is 5.32 Å². The van der Waals surface area contributed by atoms with E-state index in [1.54, 1.807) is 24.3 Å². The molecule has 0 aromatic heterocycles. The zero-order valence-corrected chi connectivity index (χ0v) is 11.7. The van der Waals surface area contributed by atoms with Gasteiger partial charge in [0.1, 0.15) is 0 Å². The van der Waals surface area contributed by atoms with Gasteiger partial charge in [-0.05, 0) is 24.1 Å². The Morgan fingerprint density at radius 3 is 2.67 bits per heavy atom. The van der Waals surface area contributed by atoms with Crippen LogP contribution >= 0.6 is 0 Å². The largest absolute Gasteiger partial charge is 0.326 e. The summed E-state index contributed by atoms with van der Waals surface area (Å²) in [7, 11) is 0. The van der Waals surface area contributed by atoms with Gasteiger partial charge >= 0.3 is 0 Å². The number of rotatable bonds is 5. The summed E-state index contributed by atoms with van der Waals surface area (Å²) in [5.74, 6) is -0.266. The number of carbonyl (C=O) groups excluding carboxylic acids is 1. The average molecular weight is 284 g/mol. The highest BCUT2D eigenvalue weighted by molar-refractivity contribution is 5.92. The molecule has 0 unspecified atom stereocenters. The molecule has 2 rings (SSSR count). The lowest BCUT2D eigenvalue weighted by Gasteiger charge is -2.07. The van der Waals surface area contributed by atoms with E-state index < -0.39 is 4.92 Å². The van der Waals surface area contributed by atoms with Crippen LogP contribution in [0.1, 0.15) is 18.1 Å². The number of nitro benzene ring substituents is 1. The third kappa shape index (κ3) is 3.89. The normalized spacial score (nSPS) is 10.1. The van der Waals surface area contributed by atoms with Crippen LogP contribution in [0.25, 0.3) is 0 Å². The number of amides is 1. The number of nitro groups is 1. The van der Waals surface area contributed by atoms with E-state index in [0.717, 1.165) is 12.0 Å². The number of para-hydroxylation sites is 1. The van der Waals surface area contributed by atoms with Gasteiger partial charge in [0.2, 0.25) is 5.91 Å². The molecule has 1 amide bonds. The van der Waals surface area contributed by atoms with E-state index in [-0.39, 0.29) is 18.0 Å². The van der Waals surface area contributed by atoms with Crippen molar-refractivity contribution in [1.29, 1.82) is 0 Å². The molecule has 0 bridgehead atoms. The van der Waals surface area contributed by atoms with Gasteiger partial charge in [0.05, 0.1) is 11.3 Å². The number of hydrogen-bond acceptors (Lipinski definition) is 3. The molecule has 0 aliphatic rings. The van der Waals surface area contributed by atoms with Crippen LogP contribution in [0.15, 0.2) is 48.5 Å². The lowest BCUT2D eigenvalue weighted by Crippen LogP contribution is -2.15. The molecule has 0 atom stereocenters. The number of nitrogens with zero attached hydrogens (tertiary/aromatic N) is 1. The second-order valence-corrected chi connectivity index (χ2v) is 4.66. The summed E-state index contributed by atoms with van der Waals surface area (Å²) in [6.45, 7) is 2.04. The molecular weight excluding hydrogens is 268 g/mol. The number of aryl methyl sites for hydroxylation is 1. The van der Waals surface area contributed by atoms with Crippen molar-refractivity contribution in [2.75, 3.05) is 5.32 Å². The number of hydrogen-bond donors (Lipinski definition) is 1. The summed E-state index contributed by atoms with van der Waals surface area (Å²) in [5.41, 5.74) is 2.21. The van der Waals surface area contributed by atoms with Crippen LogP contribution in [0.5, 0.6) is 0 Å². The molecule has 5 nitrogen and oxygen atoms in total. The van der Waals surface area contributed by atoms with E-state index in [9.17, 15) is 14.9 Å². The monoisotopic (exact) mass is 284 g/mol. The second kappa shape index (κ2) is 6.65. The summed E-state index contributed by atoms with van der Waals surface area (Å²) in [5, 5.41) is 13.7. The molecule has 0 saturated carbocycles. The summed E-state index contributed by atoms with van der Waals surface area (Å²) < 4.78 is 0. The van der Waals surface area contributed by atoms with Gasteiger partial charge in [0.25, 0.3) is 5.69 Å². The molecular formula is C16H16N2O3. The molecule has 0 saturated heterocycles. The molecule has 2 aromatic carbocycles. The Bertz CT molecular complexity index is 668. The molecule has 21 heavy (non-hydrogen) atoms. The average Bonchev–Trinajstić information content (AvgIpc) is 2.47. The highest BCUT2D eigenvalue weighted by Gasteiger charge is 2.15. The van der Waals surface area contributed by atoms with Crippen LogP contribution in [-0.2, 0) is 17.6 Å². The zero-order chi connectivity index (χ0) is 15.2. The number of nitrogens with one attached hydrogen (secondary N) is 1. The molecule has 0 aliphatic carbocycles. The first-order chi connectivity index (χ1) is 10.1. The van der Waals surface area contributed by atoms with E-state index in [2.05, 4.69) is 5.32 Å². The molecule has 2 aromatic rings. The third-order valence-corrected chi connectivity index (χ3v) is 3.16. The first kappa shape index (κ1) is 14.7. The maximum Gasteiger partial charge on any atom is 0.273 e. The number of carbonyl (C=O) groups is 1. The van der Waals surface area contributed by atoms with Crippen molar-refractivity contribution in [3.8, 4) is 0 Å². The van der Waals surface area contributed by atoms with Gasteiger partial charge in [-0.2, -0.15) is 0 Å². The van der Waals surface area contributed by atoms with E-state index >= 15 is 0 Å². The minimum Gasteiger partial charge on any atom is -0.326 e. The van der Waals surface area contributed by atoms with Crippen LogP contribution in [0.2, 0.25) is 0 Å². The zero-order valence-electron chi connectivity index (χ0n) is 11.7. The van der Waals surface area contributed by atoms with Gasteiger partial charge < -0.3 is 5.32 Å². The molecule has 0 radical (unpaired) electrons. The quantitative estimate of drug-likeness (QED) is 0.676. The first-order valence-corrected chi connectivity index (χ1v) is 6.71. The minimum absolute atomic E-state index is 0.0203. The molecule has 0 aliphatic heterocycles. The van der Waals surface area contributed by atoms with Crippen molar-refractivity contribution in [1.82, 2.24) is 0 Å². The van der Waals surface area contributed by atoms with Crippen molar-refractivity contribution in [3.63, 3.8) is 0 Å². The minimum atomic E-state index is -0.472. The van der Waals surface area contributed by atoms with Gasteiger partial charge in [0.15, 0.2) is 0 Å². The van der Waals surface area contributed by atoms with E-state index in [1.807, 2.05) is 25.1 Å². The smallest absolute Gasteiger partial charge is 0.273 e. The third-order valence-electron chi connectivity index (χ3n) is 3.16. The SMILES string of the molecule is CCc1cccc(NC(=O)Cc2ccccc2[N+](=O)[O-])c1. The van der Waals surface area contributed by atoms with Gasteiger partial charge in [0, 0.05) is 17.3 Å². The summed E-state index contributed by atoms with van der Waals surface area (Å²) in [4.78, 5) is 22.5. The fourth-order valence-electron chi connectivity index (χ4n) is 2.09. The Kier molecular flexibility index (Phi) is 4.66. The number of benzene rings is 2. The van der Waals surface area contributed by atoms with Gasteiger partial charge in [-0.25, -0.2) is 0 Å². The van der Waals surface area contributed by atoms with Crippen molar-refractivity contribution in [2.45, 2.75) is 19.8 Å².